The van der Waals surface area contributed by atoms with Gasteiger partial charge in [-0.2, -0.15) is 13.2 Å². The molecule has 0 aliphatic carbocycles. The monoisotopic (exact) mass is 459 g/mol. The van der Waals surface area contributed by atoms with Crippen molar-refractivity contribution in [3.63, 3.8) is 0 Å². The maximum Gasteiger partial charge on any atom is 0.416 e. The summed E-state index contributed by atoms with van der Waals surface area (Å²) < 4.78 is 50.0. The van der Waals surface area contributed by atoms with Crippen LogP contribution in [0.25, 0.3) is 11.5 Å². The summed E-state index contributed by atoms with van der Waals surface area (Å²) >= 11 is 0.998. The number of hydrogen-bond donors (Lipinski definition) is 1. The fourth-order valence-electron chi connectivity index (χ4n) is 2.96. The first-order valence-electron chi connectivity index (χ1n) is 9.39. The first-order valence-corrected chi connectivity index (χ1v) is 10.3. The zero-order valence-corrected chi connectivity index (χ0v) is 17.4. The highest BCUT2D eigenvalue weighted by Gasteiger charge is 2.31. The molecule has 0 aliphatic heterocycles. The minimum atomic E-state index is -4.51. The molecule has 2 aromatic heterocycles. The smallest absolute Gasteiger partial charge is 0.416 e. The lowest BCUT2D eigenvalue weighted by atomic mass is 10.1. The first kappa shape index (κ1) is 21.7. The Balaban J connectivity index is 1.59. The molecule has 2 aromatic carbocycles. The number of nitrogens with zero attached hydrogens (tertiary/aromatic N) is 2. The molecule has 1 atom stereocenters. The lowest BCUT2D eigenvalue weighted by Crippen LogP contribution is -2.19. The van der Waals surface area contributed by atoms with Gasteiger partial charge in [-0.15, -0.1) is 10.2 Å². The van der Waals surface area contributed by atoms with E-state index in [4.69, 9.17) is 8.83 Å². The van der Waals surface area contributed by atoms with Gasteiger partial charge in [-0.1, -0.05) is 36.4 Å². The Kier molecular flexibility index (Phi) is 6.04. The largest absolute Gasteiger partial charge is 0.469 e. The Morgan fingerprint density at radius 3 is 2.53 bits per heavy atom. The Morgan fingerprint density at radius 1 is 1.06 bits per heavy atom. The van der Waals surface area contributed by atoms with Crippen LogP contribution in [0.3, 0.4) is 0 Å². The fourth-order valence-corrected chi connectivity index (χ4v) is 3.83. The highest BCUT2D eigenvalue weighted by atomic mass is 32.2. The normalized spacial score (nSPS) is 12.5. The van der Waals surface area contributed by atoms with Crippen molar-refractivity contribution in [2.24, 2.45) is 0 Å². The molecule has 1 N–H and O–H groups in total. The van der Waals surface area contributed by atoms with Crippen LogP contribution in [0.2, 0.25) is 0 Å². The summed E-state index contributed by atoms with van der Waals surface area (Å²) in [5, 5.41) is 9.83. The highest BCUT2D eigenvalue weighted by Crippen LogP contribution is 2.37. The summed E-state index contributed by atoms with van der Waals surface area (Å²) in [6.45, 7) is 1.75. The third-order valence-electron chi connectivity index (χ3n) is 4.51. The molecular weight excluding hydrogens is 443 g/mol. The third kappa shape index (κ3) is 4.86. The molecule has 0 saturated carbocycles. The van der Waals surface area contributed by atoms with Gasteiger partial charge in [-0.25, -0.2) is 0 Å². The van der Waals surface area contributed by atoms with E-state index >= 15 is 0 Å². The molecule has 6 nitrogen and oxygen atoms in total. The molecule has 1 amide bonds. The average molecular weight is 459 g/mol. The van der Waals surface area contributed by atoms with Crippen molar-refractivity contribution in [2.75, 3.05) is 5.32 Å². The van der Waals surface area contributed by atoms with Gasteiger partial charge in [0.25, 0.3) is 11.1 Å². The molecule has 0 spiro atoms. The van der Waals surface area contributed by atoms with Crippen LogP contribution in [0.4, 0.5) is 18.9 Å². The number of carbonyl (C=O) groups excluding carboxylic acids is 1. The van der Waals surface area contributed by atoms with E-state index in [1.165, 1.54) is 18.4 Å². The minimum Gasteiger partial charge on any atom is -0.469 e. The number of aryl methyl sites for hydroxylation is 1. The van der Waals surface area contributed by atoms with Crippen LogP contribution in [0.1, 0.15) is 22.1 Å². The van der Waals surface area contributed by atoms with E-state index in [0.29, 0.717) is 16.9 Å². The summed E-state index contributed by atoms with van der Waals surface area (Å²) in [6.07, 6.45) is -3.02. The van der Waals surface area contributed by atoms with E-state index in [2.05, 4.69) is 15.5 Å². The van der Waals surface area contributed by atoms with Gasteiger partial charge < -0.3 is 14.2 Å². The number of carbonyl (C=O) groups is 1. The molecule has 164 valence electrons. The minimum absolute atomic E-state index is 0.0339. The van der Waals surface area contributed by atoms with E-state index < -0.39 is 22.9 Å². The van der Waals surface area contributed by atoms with Gasteiger partial charge in [-0.05, 0) is 48.5 Å². The maximum atomic E-state index is 13.0. The molecule has 0 fully saturated rings. The second-order valence-electron chi connectivity index (χ2n) is 6.74. The average Bonchev–Trinajstić information content (AvgIpc) is 3.40. The topological polar surface area (TPSA) is 81.2 Å². The zero-order chi connectivity index (χ0) is 22.7. The SMILES string of the molecule is Cc1occc1-c1nnc(SC(C(=O)Nc2cccc(C(F)(F)F)c2)c2ccccc2)o1. The van der Waals surface area contributed by atoms with E-state index in [0.717, 1.165) is 23.9 Å². The second-order valence-corrected chi connectivity index (χ2v) is 7.80. The Labute approximate surface area is 184 Å². The molecule has 2 heterocycles. The number of halogens is 3. The van der Waals surface area contributed by atoms with Crippen LogP contribution in [0, 0.1) is 6.92 Å². The van der Waals surface area contributed by atoms with Crippen LogP contribution in [-0.4, -0.2) is 16.1 Å². The number of amides is 1. The van der Waals surface area contributed by atoms with Crippen molar-refractivity contribution in [2.45, 2.75) is 23.6 Å². The fraction of sp³-hybridized carbons (Fsp3) is 0.136. The summed E-state index contributed by atoms with van der Waals surface area (Å²) in [4.78, 5) is 13.0. The number of rotatable bonds is 6. The molecule has 4 aromatic rings. The Bertz CT molecular complexity index is 1220. The van der Waals surface area contributed by atoms with E-state index in [1.54, 1.807) is 43.3 Å². The van der Waals surface area contributed by atoms with E-state index in [-0.39, 0.29) is 16.8 Å². The standard InChI is InChI=1S/C22H16F3N3O3S/c1-13-17(10-11-30-13)20-27-28-21(31-20)32-18(14-6-3-2-4-7-14)19(29)26-16-9-5-8-15(12-16)22(23,24)25/h2-12,18H,1H3,(H,26,29). The lowest BCUT2D eigenvalue weighted by Gasteiger charge is -2.16. The summed E-state index contributed by atoms with van der Waals surface area (Å²) in [7, 11) is 0. The number of furan rings is 1. The highest BCUT2D eigenvalue weighted by molar-refractivity contribution is 8.00. The molecule has 32 heavy (non-hydrogen) atoms. The van der Waals surface area contributed by atoms with Crippen LogP contribution < -0.4 is 5.32 Å². The molecule has 1 unspecified atom stereocenters. The molecule has 0 saturated heterocycles. The quantitative estimate of drug-likeness (QED) is 0.350. The maximum absolute atomic E-state index is 13.0. The van der Waals surface area contributed by atoms with Crippen LogP contribution in [0.15, 0.2) is 81.0 Å². The molecular formula is C22H16F3N3O3S. The van der Waals surface area contributed by atoms with Gasteiger partial charge in [0.15, 0.2) is 0 Å². The van der Waals surface area contributed by atoms with Gasteiger partial charge in [0.2, 0.25) is 5.91 Å². The van der Waals surface area contributed by atoms with Crippen molar-refractivity contribution in [1.29, 1.82) is 0 Å². The number of hydrogen-bond acceptors (Lipinski definition) is 6. The van der Waals surface area contributed by atoms with Gasteiger partial charge in [0.05, 0.1) is 17.4 Å². The summed E-state index contributed by atoms with van der Waals surface area (Å²) in [6, 6.07) is 14.9. The predicted octanol–water partition coefficient (Wildman–Crippen LogP) is 6.13. The number of benzene rings is 2. The number of nitrogens with one attached hydrogen (secondary N) is 1. The zero-order valence-electron chi connectivity index (χ0n) is 16.6. The molecule has 0 bridgehead atoms. The number of thioether (sulfide) groups is 1. The van der Waals surface area contributed by atoms with Gasteiger partial charge in [0.1, 0.15) is 11.0 Å². The van der Waals surface area contributed by atoms with Crippen molar-refractivity contribution in [1.82, 2.24) is 10.2 Å². The number of alkyl halides is 3. The molecule has 0 radical (unpaired) electrons. The number of anilines is 1. The number of aromatic nitrogens is 2. The van der Waals surface area contributed by atoms with Crippen molar-refractivity contribution < 1.29 is 26.8 Å². The lowest BCUT2D eigenvalue weighted by molar-refractivity contribution is -0.137. The van der Waals surface area contributed by atoms with E-state index in [1.807, 2.05) is 0 Å². The van der Waals surface area contributed by atoms with Crippen LogP contribution >= 0.6 is 11.8 Å². The first-order chi connectivity index (χ1) is 15.3. The molecule has 0 aliphatic rings. The van der Waals surface area contributed by atoms with Crippen LogP contribution in [0.5, 0.6) is 0 Å². The second kappa shape index (κ2) is 8.91. The predicted molar refractivity (Wildman–Crippen MR) is 112 cm³/mol. The third-order valence-corrected chi connectivity index (χ3v) is 5.60. The van der Waals surface area contributed by atoms with Gasteiger partial charge >= 0.3 is 6.18 Å². The van der Waals surface area contributed by atoms with Crippen molar-refractivity contribution >= 4 is 23.4 Å². The Morgan fingerprint density at radius 2 is 1.84 bits per heavy atom. The van der Waals surface area contributed by atoms with Gasteiger partial charge in [-0.3, -0.25) is 4.79 Å². The summed E-state index contributed by atoms with van der Waals surface area (Å²) in [5.41, 5.74) is 0.443. The van der Waals surface area contributed by atoms with Crippen LogP contribution in [-0.2, 0) is 11.0 Å². The molecule has 10 heteroatoms. The van der Waals surface area contributed by atoms with Crippen molar-refractivity contribution in [3.8, 4) is 11.5 Å². The van der Waals surface area contributed by atoms with E-state index in [9.17, 15) is 18.0 Å². The van der Waals surface area contributed by atoms with Gasteiger partial charge in [0, 0.05) is 5.69 Å². The summed E-state index contributed by atoms with van der Waals surface area (Å²) in [5.74, 6) is 0.315. The molecule has 4 rings (SSSR count). The van der Waals surface area contributed by atoms with Crippen molar-refractivity contribution in [3.05, 3.63) is 83.8 Å². The Hall–Kier alpha value is -3.53.